The third-order valence-corrected chi connectivity index (χ3v) is 3.27. The van der Waals surface area contributed by atoms with E-state index in [-0.39, 0.29) is 29.0 Å². The van der Waals surface area contributed by atoms with Gasteiger partial charge in [0.15, 0.2) is 0 Å². The van der Waals surface area contributed by atoms with Crippen LogP contribution in [-0.2, 0) is 0 Å². The van der Waals surface area contributed by atoms with Crippen molar-refractivity contribution in [2.45, 2.75) is 0 Å². The van der Waals surface area contributed by atoms with Gasteiger partial charge in [0.25, 0.3) is 0 Å². The van der Waals surface area contributed by atoms with Crippen LogP contribution in [0.1, 0.15) is 6.85 Å². The molecule has 0 atom stereocenters. The Kier molecular flexibility index (Phi) is 1.48. The summed E-state index contributed by atoms with van der Waals surface area (Å²) in [4.78, 5) is 0. The molecular formula is C18H12O2. The van der Waals surface area contributed by atoms with Gasteiger partial charge < -0.3 is 9.52 Å². The van der Waals surface area contributed by atoms with Crippen LogP contribution in [0.5, 0.6) is 5.75 Å². The molecule has 3 aromatic carbocycles. The van der Waals surface area contributed by atoms with Crippen LogP contribution < -0.4 is 0 Å². The molecule has 4 aromatic rings. The summed E-state index contributed by atoms with van der Waals surface area (Å²) in [6.45, 7) is 0. The van der Waals surface area contributed by atoms with E-state index in [0.29, 0.717) is 16.6 Å². The van der Waals surface area contributed by atoms with Gasteiger partial charge in [-0.15, -0.1) is 0 Å². The van der Waals surface area contributed by atoms with Crippen molar-refractivity contribution in [2.24, 2.45) is 0 Å². The molecule has 0 spiro atoms. The smallest absolute Gasteiger partial charge is 0.146 e. The Morgan fingerprint density at radius 1 is 0.900 bits per heavy atom. The molecule has 96 valence electrons. The monoisotopic (exact) mass is 265 g/mol. The minimum atomic E-state index is -0.477. The molecular weight excluding hydrogens is 248 g/mol. The van der Waals surface area contributed by atoms with Crippen LogP contribution >= 0.6 is 0 Å². The molecule has 0 saturated heterocycles. The van der Waals surface area contributed by atoms with Gasteiger partial charge in [0.1, 0.15) is 16.9 Å². The predicted molar refractivity (Wildman–Crippen MR) is 80.8 cm³/mol. The van der Waals surface area contributed by atoms with Gasteiger partial charge in [0.2, 0.25) is 0 Å². The number of aromatic hydroxyl groups is 1. The second kappa shape index (κ2) is 4.14. The van der Waals surface area contributed by atoms with E-state index in [1.807, 2.05) is 18.2 Å². The first kappa shape index (κ1) is 7.15. The summed E-state index contributed by atoms with van der Waals surface area (Å²) >= 11 is 0. The highest BCUT2D eigenvalue weighted by Gasteiger charge is 2.15. The zero-order chi connectivity index (χ0) is 17.9. The molecule has 0 unspecified atom stereocenters. The van der Waals surface area contributed by atoms with Gasteiger partial charge in [0, 0.05) is 10.8 Å². The Bertz CT molecular complexity index is 1130. The predicted octanol–water partition coefficient (Wildman–Crippen LogP) is 4.96. The molecule has 0 bridgehead atoms. The van der Waals surface area contributed by atoms with Crippen LogP contribution in [0.2, 0.25) is 0 Å². The number of phenols is 1. The first-order valence-electron chi connectivity index (χ1n) is 8.62. The molecule has 2 nitrogen and oxygen atoms in total. The zero-order valence-corrected chi connectivity index (χ0v) is 10.3. The van der Waals surface area contributed by atoms with Gasteiger partial charge in [-0.05, 0) is 23.8 Å². The molecule has 0 fully saturated rings. The van der Waals surface area contributed by atoms with Gasteiger partial charge >= 0.3 is 0 Å². The fourth-order valence-corrected chi connectivity index (χ4v) is 2.40. The second-order valence-corrected chi connectivity index (χ2v) is 4.43. The average molecular weight is 265 g/mol. The molecule has 2 heteroatoms. The number of furan rings is 1. The molecule has 0 aliphatic heterocycles. The van der Waals surface area contributed by atoms with Crippen molar-refractivity contribution in [2.75, 3.05) is 0 Å². The highest BCUT2D eigenvalue weighted by atomic mass is 16.3. The van der Waals surface area contributed by atoms with Crippen molar-refractivity contribution in [1.82, 2.24) is 0 Å². The lowest BCUT2D eigenvalue weighted by Crippen LogP contribution is -1.79. The minimum Gasteiger partial charge on any atom is -0.507 e. The van der Waals surface area contributed by atoms with Gasteiger partial charge in [-0.3, -0.25) is 0 Å². The molecule has 1 aromatic heterocycles. The van der Waals surface area contributed by atoms with Crippen LogP contribution in [0.3, 0.4) is 0 Å². The van der Waals surface area contributed by atoms with Crippen molar-refractivity contribution >= 4 is 21.9 Å². The Morgan fingerprint density at radius 2 is 1.70 bits per heavy atom. The van der Waals surface area contributed by atoms with E-state index in [2.05, 4.69) is 0 Å². The van der Waals surface area contributed by atoms with Crippen LogP contribution in [0.4, 0.5) is 0 Å². The fourth-order valence-electron chi connectivity index (χ4n) is 2.40. The third-order valence-electron chi connectivity index (χ3n) is 3.27. The SMILES string of the molecule is [2H]c1c([2H])c([2H])c(-c2c(O)ccc3c2oc2ccccc23)c([2H])c1[2H]. The summed E-state index contributed by atoms with van der Waals surface area (Å²) in [5.41, 5.74) is 0.912. The first-order valence-corrected chi connectivity index (χ1v) is 6.12. The van der Waals surface area contributed by atoms with E-state index >= 15 is 0 Å². The normalized spacial score (nSPS) is 14.7. The van der Waals surface area contributed by atoms with Crippen molar-refractivity contribution < 1.29 is 16.4 Å². The molecule has 0 amide bonds. The van der Waals surface area contributed by atoms with E-state index in [4.69, 9.17) is 11.3 Å². The van der Waals surface area contributed by atoms with Crippen molar-refractivity contribution in [3.63, 3.8) is 0 Å². The summed E-state index contributed by atoms with van der Waals surface area (Å²) in [7, 11) is 0. The largest absolute Gasteiger partial charge is 0.507 e. The summed E-state index contributed by atoms with van der Waals surface area (Å²) in [6.07, 6.45) is 0. The maximum Gasteiger partial charge on any atom is 0.146 e. The van der Waals surface area contributed by atoms with Gasteiger partial charge in [-0.2, -0.15) is 0 Å². The lowest BCUT2D eigenvalue weighted by Gasteiger charge is -2.05. The number of para-hydroxylation sites is 1. The van der Waals surface area contributed by atoms with E-state index < -0.39 is 18.1 Å². The highest BCUT2D eigenvalue weighted by Crippen LogP contribution is 2.40. The molecule has 1 N–H and O–H groups in total. The highest BCUT2D eigenvalue weighted by molar-refractivity contribution is 6.10. The molecule has 4 rings (SSSR count). The van der Waals surface area contributed by atoms with E-state index in [9.17, 15) is 5.11 Å². The lowest BCUT2D eigenvalue weighted by atomic mass is 10.0. The van der Waals surface area contributed by atoms with Crippen LogP contribution in [0.15, 0.2) is 71.0 Å². The van der Waals surface area contributed by atoms with Crippen molar-refractivity contribution in [3.8, 4) is 16.9 Å². The summed E-state index contributed by atoms with van der Waals surface area (Å²) in [6, 6.07) is 8.30. The minimum absolute atomic E-state index is 0.0758. The maximum absolute atomic E-state index is 10.4. The molecule has 1 heterocycles. The average Bonchev–Trinajstić information content (AvgIpc) is 2.99. The fraction of sp³-hybridized carbons (Fsp3) is 0. The first-order chi connectivity index (χ1) is 11.9. The Labute approximate surface area is 122 Å². The van der Waals surface area contributed by atoms with Crippen LogP contribution in [0, 0.1) is 0 Å². The number of benzene rings is 3. The molecule has 0 aliphatic rings. The van der Waals surface area contributed by atoms with E-state index in [1.54, 1.807) is 12.1 Å². The molecule has 20 heavy (non-hydrogen) atoms. The quantitative estimate of drug-likeness (QED) is 0.527. The van der Waals surface area contributed by atoms with Gasteiger partial charge in [0.05, 0.1) is 12.4 Å². The summed E-state index contributed by atoms with van der Waals surface area (Å²) in [5.74, 6) is -0.204. The van der Waals surface area contributed by atoms with Crippen molar-refractivity contribution in [1.29, 1.82) is 0 Å². The second-order valence-electron chi connectivity index (χ2n) is 4.43. The molecule has 0 radical (unpaired) electrons. The summed E-state index contributed by atoms with van der Waals surface area (Å²) in [5, 5.41) is 11.9. The topological polar surface area (TPSA) is 33.4 Å². The Balaban J connectivity index is 2.21. The number of rotatable bonds is 1. The lowest BCUT2D eigenvalue weighted by molar-refractivity contribution is 0.477. The standard InChI is InChI=1S/C18H12O2/c19-15-11-10-14-13-8-4-5-9-16(13)20-18(14)17(15)12-6-2-1-3-7-12/h1-11,19H/i1D,2D,3D,6D,7D. The van der Waals surface area contributed by atoms with Gasteiger partial charge in [-0.1, -0.05) is 48.4 Å². The number of fused-ring (bicyclic) bond motifs is 3. The van der Waals surface area contributed by atoms with Crippen molar-refractivity contribution in [3.05, 3.63) is 66.6 Å². The number of phenolic OH excluding ortho intramolecular Hbond substituents is 1. The Morgan fingerprint density at radius 3 is 2.55 bits per heavy atom. The van der Waals surface area contributed by atoms with Crippen LogP contribution in [-0.4, -0.2) is 5.11 Å². The third kappa shape index (κ3) is 1.51. The zero-order valence-electron chi connectivity index (χ0n) is 15.3. The maximum atomic E-state index is 10.4. The van der Waals surface area contributed by atoms with E-state index in [1.165, 1.54) is 6.07 Å². The Hall–Kier alpha value is -2.74. The van der Waals surface area contributed by atoms with Gasteiger partial charge in [-0.25, -0.2) is 0 Å². The summed E-state index contributed by atoms with van der Waals surface area (Å²) < 4.78 is 45.6. The molecule has 0 aliphatic carbocycles. The number of hydrogen-bond acceptors (Lipinski definition) is 2. The van der Waals surface area contributed by atoms with Crippen LogP contribution in [0.25, 0.3) is 33.1 Å². The van der Waals surface area contributed by atoms with E-state index in [0.717, 1.165) is 5.39 Å². The number of hydrogen-bond donors (Lipinski definition) is 1. The molecule has 0 saturated carbocycles.